The summed E-state index contributed by atoms with van der Waals surface area (Å²) in [6, 6.07) is 14.5. The highest BCUT2D eigenvalue weighted by molar-refractivity contribution is 9.10. The number of rotatable bonds is 2. The quantitative estimate of drug-likeness (QED) is 0.733. The molecule has 0 atom stereocenters. The van der Waals surface area contributed by atoms with Crippen LogP contribution in [0.1, 0.15) is 11.1 Å². The number of fused-ring (bicyclic) bond motifs is 1. The van der Waals surface area contributed by atoms with Gasteiger partial charge in [-0.05, 0) is 23.8 Å². The minimum Gasteiger partial charge on any atom is -0.491 e. The predicted molar refractivity (Wildman–Crippen MR) is 86.7 cm³/mol. The normalized spacial score (nSPS) is 14.4. The minimum absolute atomic E-state index is 0.521. The van der Waals surface area contributed by atoms with E-state index in [-0.39, 0.29) is 0 Å². The first-order valence-corrected chi connectivity index (χ1v) is 7.91. The molecule has 2 aromatic carbocycles. The monoisotopic (exact) mass is 351 g/mol. The molecule has 0 N–H and O–H groups in total. The van der Waals surface area contributed by atoms with E-state index in [1.54, 1.807) is 0 Å². The third-order valence-corrected chi connectivity index (χ3v) is 4.52. The Bertz CT molecular complexity index is 617. The summed E-state index contributed by atoms with van der Waals surface area (Å²) in [5.41, 5.74) is 3.52. The van der Waals surface area contributed by atoms with Gasteiger partial charge in [0, 0.05) is 28.1 Å². The highest BCUT2D eigenvalue weighted by atomic mass is 79.9. The van der Waals surface area contributed by atoms with Crippen LogP contribution in [-0.2, 0) is 12.4 Å². The molecular formula is C16H15BrClNO. The van der Waals surface area contributed by atoms with Crippen molar-refractivity contribution in [2.45, 2.75) is 12.4 Å². The van der Waals surface area contributed by atoms with Crippen molar-refractivity contribution in [3.8, 4) is 5.75 Å². The van der Waals surface area contributed by atoms with Crippen LogP contribution in [0.5, 0.6) is 5.75 Å². The molecule has 3 rings (SSSR count). The molecule has 2 nitrogen and oxygen atoms in total. The molecule has 0 unspecified atom stereocenters. The number of anilines is 1. The summed E-state index contributed by atoms with van der Waals surface area (Å²) >= 11 is 9.48. The second-order valence-corrected chi connectivity index (χ2v) is 5.91. The molecule has 0 aromatic heterocycles. The Morgan fingerprint density at radius 2 is 2.05 bits per heavy atom. The van der Waals surface area contributed by atoms with Gasteiger partial charge in [0.1, 0.15) is 12.4 Å². The van der Waals surface area contributed by atoms with E-state index in [4.69, 9.17) is 16.3 Å². The molecule has 2 aromatic rings. The lowest BCUT2D eigenvalue weighted by Gasteiger charge is -2.22. The Labute approximate surface area is 132 Å². The van der Waals surface area contributed by atoms with E-state index in [1.165, 1.54) is 11.3 Å². The molecule has 0 radical (unpaired) electrons. The molecule has 1 aliphatic heterocycles. The molecular weight excluding hydrogens is 338 g/mol. The van der Waals surface area contributed by atoms with Crippen LogP contribution in [0.2, 0.25) is 0 Å². The number of nitrogens with zero attached hydrogens (tertiary/aromatic N) is 1. The first kappa shape index (κ1) is 13.8. The Balaban J connectivity index is 1.89. The second-order valence-electron chi connectivity index (χ2n) is 4.79. The summed E-state index contributed by atoms with van der Waals surface area (Å²) in [6.07, 6.45) is 0. The lowest BCUT2D eigenvalue weighted by Crippen LogP contribution is -2.25. The van der Waals surface area contributed by atoms with Crippen molar-refractivity contribution < 1.29 is 4.74 Å². The van der Waals surface area contributed by atoms with Crippen LogP contribution in [-0.4, -0.2) is 13.2 Å². The van der Waals surface area contributed by atoms with Crippen molar-refractivity contribution in [2.75, 3.05) is 18.1 Å². The summed E-state index contributed by atoms with van der Waals surface area (Å²) in [6.45, 7) is 2.44. The molecule has 0 saturated carbocycles. The molecule has 104 valence electrons. The number of halogens is 2. The molecule has 0 amide bonds. The highest BCUT2D eigenvalue weighted by Crippen LogP contribution is 2.29. The maximum atomic E-state index is 5.90. The van der Waals surface area contributed by atoms with Crippen LogP contribution in [0.25, 0.3) is 0 Å². The van der Waals surface area contributed by atoms with Crippen LogP contribution >= 0.6 is 27.5 Å². The molecule has 0 aliphatic carbocycles. The zero-order valence-electron chi connectivity index (χ0n) is 11.0. The summed E-state index contributed by atoms with van der Waals surface area (Å²) in [7, 11) is 0. The van der Waals surface area contributed by atoms with E-state index in [0.29, 0.717) is 12.5 Å². The molecule has 1 aliphatic rings. The highest BCUT2D eigenvalue weighted by Gasteiger charge is 2.15. The predicted octanol–water partition coefficient (Wildman–Crippen LogP) is 4.59. The van der Waals surface area contributed by atoms with Crippen molar-refractivity contribution in [1.29, 1.82) is 0 Å². The van der Waals surface area contributed by atoms with Crippen molar-refractivity contribution in [1.82, 2.24) is 0 Å². The van der Waals surface area contributed by atoms with E-state index in [2.05, 4.69) is 51.2 Å². The molecule has 0 bridgehead atoms. The maximum absolute atomic E-state index is 5.90. The number of hydrogen-bond donors (Lipinski definition) is 0. The molecule has 0 spiro atoms. The van der Waals surface area contributed by atoms with Gasteiger partial charge in [0.05, 0.1) is 6.54 Å². The SMILES string of the molecule is ClCc1ccc(N2CCOc3ccccc3C2)cc1Br. The standard InChI is InChI=1S/C16H15BrClNO/c17-15-9-14(6-5-12(15)10-18)19-7-8-20-16-4-2-1-3-13(16)11-19/h1-6,9H,7-8,10-11H2. The van der Waals surface area contributed by atoms with Crippen molar-refractivity contribution in [3.63, 3.8) is 0 Å². The third kappa shape index (κ3) is 2.79. The number of ether oxygens (including phenoxy) is 1. The maximum Gasteiger partial charge on any atom is 0.124 e. The lowest BCUT2D eigenvalue weighted by atomic mass is 10.1. The van der Waals surface area contributed by atoms with Gasteiger partial charge in [0.15, 0.2) is 0 Å². The van der Waals surface area contributed by atoms with Gasteiger partial charge >= 0.3 is 0 Å². The zero-order chi connectivity index (χ0) is 13.9. The Kier molecular flexibility index (Phi) is 4.18. The average Bonchev–Trinajstić information content (AvgIpc) is 2.69. The van der Waals surface area contributed by atoms with Gasteiger partial charge in [-0.25, -0.2) is 0 Å². The fourth-order valence-electron chi connectivity index (χ4n) is 2.39. The van der Waals surface area contributed by atoms with Crippen molar-refractivity contribution >= 4 is 33.2 Å². The first-order chi connectivity index (χ1) is 9.78. The van der Waals surface area contributed by atoms with E-state index in [9.17, 15) is 0 Å². The topological polar surface area (TPSA) is 12.5 Å². The number of benzene rings is 2. The van der Waals surface area contributed by atoms with E-state index in [1.807, 2.05) is 12.1 Å². The summed E-state index contributed by atoms with van der Waals surface area (Å²) in [5.74, 6) is 1.51. The van der Waals surface area contributed by atoms with Crippen molar-refractivity contribution in [3.05, 3.63) is 58.1 Å². The fraction of sp³-hybridized carbons (Fsp3) is 0.250. The number of hydrogen-bond acceptors (Lipinski definition) is 2. The van der Waals surface area contributed by atoms with Crippen LogP contribution in [0, 0.1) is 0 Å². The van der Waals surface area contributed by atoms with Gasteiger partial charge in [-0.15, -0.1) is 11.6 Å². The van der Waals surface area contributed by atoms with Crippen molar-refractivity contribution in [2.24, 2.45) is 0 Å². The zero-order valence-corrected chi connectivity index (χ0v) is 13.3. The molecule has 20 heavy (non-hydrogen) atoms. The largest absolute Gasteiger partial charge is 0.491 e. The fourth-order valence-corrected chi connectivity index (χ4v) is 3.29. The Morgan fingerprint density at radius 3 is 2.85 bits per heavy atom. The van der Waals surface area contributed by atoms with Gasteiger partial charge in [-0.1, -0.05) is 40.2 Å². The average molecular weight is 353 g/mol. The van der Waals surface area contributed by atoms with Gasteiger partial charge in [0.2, 0.25) is 0 Å². The second kappa shape index (κ2) is 6.06. The van der Waals surface area contributed by atoms with Gasteiger partial charge < -0.3 is 9.64 Å². The van der Waals surface area contributed by atoms with E-state index >= 15 is 0 Å². The minimum atomic E-state index is 0.521. The summed E-state index contributed by atoms with van der Waals surface area (Å²) in [4.78, 5) is 2.33. The van der Waals surface area contributed by atoms with E-state index < -0.39 is 0 Å². The third-order valence-electron chi connectivity index (χ3n) is 3.50. The molecule has 0 fully saturated rings. The molecule has 4 heteroatoms. The molecule has 0 saturated heterocycles. The van der Waals surface area contributed by atoms with Gasteiger partial charge in [-0.2, -0.15) is 0 Å². The van der Waals surface area contributed by atoms with Crippen LogP contribution in [0.15, 0.2) is 46.9 Å². The smallest absolute Gasteiger partial charge is 0.124 e. The summed E-state index contributed by atoms with van der Waals surface area (Å²) < 4.78 is 6.86. The van der Waals surface area contributed by atoms with Crippen LogP contribution in [0.3, 0.4) is 0 Å². The van der Waals surface area contributed by atoms with Gasteiger partial charge in [0.25, 0.3) is 0 Å². The lowest BCUT2D eigenvalue weighted by molar-refractivity contribution is 0.331. The van der Waals surface area contributed by atoms with Gasteiger partial charge in [-0.3, -0.25) is 0 Å². The number of para-hydroxylation sites is 1. The van der Waals surface area contributed by atoms with E-state index in [0.717, 1.165) is 28.9 Å². The van der Waals surface area contributed by atoms with Crippen LogP contribution < -0.4 is 9.64 Å². The Morgan fingerprint density at radius 1 is 1.20 bits per heavy atom. The Hall–Kier alpha value is -1.19. The summed E-state index contributed by atoms with van der Waals surface area (Å²) in [5, 5.41) is 0. The van der Waals surface area contributed by atoms with Crippen LogP contribution in [0.4, 0.5) is 5.69 Å². The number of alkyl halides is 1. The first-order valence-electron chi connectivity index (χ1n) is 6.58. The molecule has 1 heterocycles.